The number of nitrogens with zero attached hydrogens (tertiary/aromatic N) is 7. The van der Waals surface area contributed by atoms with Crippen LogP contribution in [0.1, 0.15) is 33.7 Å². The van der Waals surface area contributed by atoms with Gasteiger partial charge in [-0.25, -0.2) is 19.5 Å². The standard InChI is InChI=1S/C32H33BN8O3S.Cs/c1-22-15-25(20-34)37-32(36-22)38-11-13-39(14-12-38)45-28-5-6-29-23(17-28)7-9-41(29)31(44)24-3-2-4-26(16-24)40-10-8-33(21-35)19-27(40)18-30(42)43;/h2-6,15-17,27H,7-14,18-19H2,1H3,(H,42,43);/q;+1/p+1. The van der Waals surface area contributed by atoms with E-state index in [-0.39, 0.29) is 94.0 Å². The van der Waals surface area contributed by atoms with Gasteiger partial charge in [0.25, 0.3) is 12.6 Å². The third kappa shape index (κ3) is 8.01. The van der Waals surface area contributed by atoms with E-state index >= 15 is 0 Å². The number of fused-ring (bicyclic) bond motifs is 1. The maximum atomic E-state index is 13.7. The van der Waals surface area contributed by atoms with Gasteiger partial charge >= 0.3 is 74.9 Å². The summed E-state index contributed by atoms with van der Waals surface area (Å²) in [6, 6.07) is 17.4. The van der Waals surface area contributed by atoms with Crippen molar-refractivity contribution >= 4 is 47.9 Å². The number of rotatable bonds is 7. The molecule has 2 aromatic carbocycles. The molecule has 2 saturated heterocycles. The number of aliphatic carboxylic acids is 1. The second-order valence-electron chi connectivity index (χ2n) is 11.8. The van der Waals surface area contributed by atoms with Crippen LogP contribution in [0.5, 0.6) is 0 Å². The molecule has 46 heavy (non-hydrogen) atoms. The normalized spacial score (nSPS) is 19.5. The van der Waals surface area contributed by atoms with Crippen LogP contribution in [0.3, 0.4) is 0 Å². The fraction of sp³-hybridized carbons (Fsp3) is 0.375. The number of piperazine rings is 1. The molecule has 2 atom stereocenters. The van der Waals surface area contributed by atoms with E-state index in [2.05, 4.69) is 43.3 Å². The topological polar surface area (TPSA) is 142 Å². The van der Waals surface area contributed by atoms with Crippen LogP contribution in [0.25, 0.3) is 0 Å². The van der Waals surface area contributed by atoms with Crippen molar-refractivity contribution in [2.45, 2.75) is 43.3 Å². The molecule has 3 aromatic rings. The summed E-state index contributed by atoms with van der Waals surface area (Å²) in [5.41, 5.74) is 4.72. The van der Waals surface area contributed by atoms with Gasteiger partial charge in [-0.3, -0.25) is 9.59 Å². The van der Waals surface area contributed by atoms with E-state index in [1.807, 2.05) is 42.2 Å². The fourth-order valence-electron chi connectivity index (χ4n) is 6.59. The number of benzene rings is 2. The number of carboxylic acid groups (broad SMARTS) is 1. The van der Waals surface area contributed by atoms with Crippen molar-refractivity contribution in [1.29, 1.82) is 10.5 Å². The molecule has 2 fully saturated rings. The van der Waals surface area contributed by atoms with Gasteiger partial charge in [-0.05, 0) is 79.9 Å². The van der Waals surface area contributed by atoms with Gasteiger partial charge in [0.05, 0.1) is 19.0 Å². The third-order valence-electron chi connectivity index (χ3n) is 8.81. The number of nitriles is 2. The van der Waals surface area contributed by atoms with E-state index < -0.39 is 5.97 Å². The van der Waals surface area contributed by atoms with E-state index in [0.29, 0.717) is 42.9 Å². The molecule has 2 unspecified atom stereocenters. The molecule has 6 rings (SSSR count). The Morgan fingerprint density at radius 2 is 1.89 bits per heavy atom. The summed E-state index contributed by atoms with van der Waals surface area (Å²) < 4.78 is 2.32. The molecule has 3 aliphatic rings. The molecule has 0 saturated carbocycles. The molecule has 3 aliphatic heterocycles. The number of aryl methyl sites for hydroxylation is 1. The first kappa shape index (κ1) is 34.9. The van der Waals surface area contributed by atoms with Gasteiger partial charge in [0.2, 0.25) is 5.95 Å². The number of hydrogen-bond acceptors (Lipinski definition) is 9. The van der Waals surface area contributed by atoms with Crippen LogP contribution >= 0.6 is 11.9 Å². The Hall–Kier alpha value is -2.37. The largest absolute Gasteiger partial charge is 1.00 e. The Morgan fingerprint density at radius 3 is 2.63 bits per heavy atom. The smallest absolute Gasteiger partial charge is 0.481 e. The molecule has 0 radical (unpaired) electrons. The predicted molar refractivity (Wildman–Crippen MR) is 172 cm³/mol. The minimum Gasteiger partial charge on any atom is -0.481 e. The number of nitrogens with one attached hydrogen (secondary N) is 1. The Bertz CT molecular complexity index is 1710. The van der Waals surface area contributed by atoms with Gasteiger partial charge in [0, 0.05) is 66.6 Å². The summed E-state index contributed by atoms with van der Waals surface area (Å²) in [5.74, 6) is 1.98. The monoisotopic (exact) mass is 754 g/mol. The number of aromatic nitrogens is 2. The van der Waals surface area contributed by atoms with Crippen LogP contribution in [0.15, 0.2) is 53.4 Å². The second kappa shape index (κ2) is 15.7. The fourth-order valence-corrected chi connectivity index (χ4v) is 7.55. The zero-order valence-electron chi connectivity index (χ0n) is 26.1. The number of hydrogen-bond donors (Lipinski definition) is 2. The summed E-state index contributed by atoms with van der Waals surface area (Å²) in [6.45, 7) is 6.19. The van der Waals surface area contributed by atoms with Gasteiger partial charge in [0.15, 0.2) is 0 Å². The van der Waals surface area contributed by atoms with Gasteiger partial charge < -0.3 is 19.8 Å². The van der Waals surface area contributed by atoms with E-state index in [4.69, 9.17) is 0 Å². The van der Waals surface area contributed by atoms with Gasteiger partial charge in [-0.2, -0.15) is 5.26 Å². The molecule has 2 N–H and O–H groups in total. The van der Waals surface area contributed by atoms with Crippen molar-refractivity contribution in [1.82, 2.24) is 14.3 Å². The van der Waals surface area contributed by atoms with Crippen LogP contribution in [-0.2, 0) is 11.2 Å². The number of carbonyl (C=O) groups is 2. The van der Waals surface area contributed by atoms with Crippen molar-refractivity contribution in [3.63, 3.8) is 0 Å². The number of amides is 1. The minimum absolute atomic E-state index is 0. The maximum absolute atomic E-state index is 13.7. The van der Waals surface area contributed by atoms with Crippen LogP contribution < -0.4 is 83.6 Å². The molecule has 228 valence electrons. The summed E-state index contributed by atoms with van der Waals surface area (Å²) in [6.07, 6.45) is 2.02. The molecule has 4 heterocycles. The SMILES string of the molecule is Cc1cc(C#N)nc(N2CCN(Sc3ccc4c(c3)CCN4C(=O)c3cccc([NH+]4CCB(C#N)CC4CC(=O)O)c3)CC2)n1.[Cs+]. The molecular weight excluding hydrogens is 720 g/mol. The van der Waals surface area contributed by atoms with Crippen molar-refractivity contribution < 1.29 is 88.5 Å². The number of carboxylic acids is 1. The number of quaternary nitrogens is 1. The summed E-state index contributed by atoms with van der Waals surface area (Å²) >= 11 is 1.71. The van der Waals surface area contributed by atoms with Gasteiger partial charge in [-0.1, -0.05) is 6.07 Å². The van der Waals surface area contributed by atoms with Gasteiger partial charge in [-0.15, -0.1) is 0 Å². The molecule has 14 heteroatoms. The minimum atomic E-state index is -0.872. The van der Waals surface area contributed by atoms with E-state index in [1.165, 1.54) is 0 Å². The Labute approximate surface area is 332 Å². The molecular formula is C32H34BCsN8O3S+2. The van der Waals surface area contributed by atoms with Crippen molar-refractivity contribution in [3.8, 4) is 12.0 Å². The van der Waals surface area contributed by atoms with E-state index in [9.17, 15) is 25.2 Å². The van der Waals surface area contributed by atoms with Crippen LogP contribution in [-0.4, -0.2) is 83.3 Å². The zero-order valence-corrected chi connectivity index (χ0v) is 33.2. The van der Waals surface area contributed by atoms with Crippen molar-refractivity contribution in [2.24, 2.45) is 0 Å². The van der Waals surface area contributed by atoms with E-state index in [1.54, 1.807) is 18.0 Å². The van der Waals surface area contributed by atoms with Crippen LogP contribution in [0, 0.1) is 29.5 Å². The molecule has 0 spiro atoms. The average Bonchev–Trinajstić information content (AvgIpc) is 3.47. The molecule has 11 nitrogen and oxygen atoms in total. The second-order valence-corrected chi connectivity index (χ2v) is 13.0. The Kier molecular flexibility index (Phi) is 11.9. The first-order chi connectivity index (χ1) is 21.8. The Morgan fingerprint density at radius 1 is 1.09 bits per heavy atom. The molecule has 1 aromatic heterocycles. The number of anilines is 2. The van der Waals surface area contributed by atoms with Crippen molar-refractivity contribution in [2.75, 3.05) is 49.1 Å². The maximum Gasteiger partial charge on any atom is 1.00 e. The molecule has 0 bridgehead atoms. The summed E-state index contributed by atoms with van der Waals surface area (Å²) in [5, 5.41) is 28.1. The zero-order chi connectivity index (χ0) is 31.5. The third-order valence-corrected chi connectivity index (χ3v) is 9.90. The number of carbonyl (C=O) groups excluding carboxylic acids is 1. The molecule has 0 aliphatic carbocycles. The molecule has 1 amide bonds. The Balaban J connectivity index is 0.00000417. The first-order valence-corrected chi connectivity index (χ1v) is 16.0. The van der Waals surface area contributed by atoms with Crippen LogP contribution in [0.4, 0.5) is 17.3 Å². The van der Waals surface area contributed by atoms with Crippen molar-refractivity contribution in [3.05, 3.63) is 71.0 Å². The van der Waals surface area contributed by atoms with Crippen LogP contribution in [0.2, 0.25) is 12.6 Å². The summed E-state index contributed by atoms with van der Waals surface area (Å²) in [4.78, 5) is 40.3. The average molecular weight is 754 g/mol. The van der Waals surface area contributed by atoms with Gasteiger partial charge in [0.1, 0.15) is 17.5 Å². The quantitative estimate of drug-likeness (QED) is 0.243. The first-order valence-electron chi connectivity index (χ1n) is 15.3. The van der Waals surface area contributed by atoms with E-state index in [0.717, 1.165) is 65.0 Å². The predicted octanol–water partition coefficient (Wildman–Crippen LogP) is -0.376. The summed E-state index contributed by atoms with van der Waals surface area (Å²) in [7, 11) is 0.